The molecule has 0 bridgehead atoms. The molecule has 1 atom stereocenters. The van der Waals surface area contributed by atoms with Gasteiger partial charge < -0.3 is 5.11 Å². The van der Waals surface area contributed by atoms with Crippen LogP contribution in [0.25, 0.3) is 0 Å². The molecule has 90 valence electrons. The van der Waals surface area contributed by atoms with E-state index in [9.17, 15) is 5.11 Å². The maximum Gasteiger partial charge on any atom is 0.127 e. The summed E-state index contributed by atoms with van der Waals surface area (Å²) in [5, 5.41) is 9.93. The lowest BCUT2D eigenvalue weighted by molar-refractivity contribution is 0.463. The van der Waals surface area contributed by atoms with Crippen LogP contribution in [-0.2, 0) is 0 Å². The molecule has 1 spiro atoms. The summed E-state index contributed by atoms with van der Waals surface area (Å²) in [5.74, 6) is 0.374. The normalized spacial score (nSPS) is 25.8. The number of aromatic hydroxyl groups is 1. The Morgan fingerprint density at radius 3 is 2.94 bits per heavy atom. The number of hydrogen-bond donors (Lipinski definition) is 1. The van der Waals surface area contributed by atoms with Gasteiger partial charge in [0.1, 0.15) is 5.75 Å². The third-order valence-corrected chi connectivity index (χ3v) is 4.41. The van der Waals surface area contributed by atoms with Crippen LogP contribution in [0.1, 0.15) is 43.2 Å². The average molecular weight is 229 g/mol. The molecule has 0 heterocycles. The van der Waals surface area contributed by atoms with Crippen molar-refractivity contribution in [1.29, 1.82) is 0 Å². The summed E-state index contributed by atoms with van der Waals surface area (Å²) >= 11 is 0. The lowest BCUT2D eigenvalue weighted by Gasteiger charge is -2.13. The van der Waals surface area contributed by atoms with E-state index in [-0.39, 0.29) is 0 Å². The molecule has 0 aliphatic heterocycles. The molecular formula is C15H19NO. The second-order valence-electron chi connectivity index (χ2n) is 5.56. The van der Waals surface area contributed by atoms with Crippen LogP contribution in [0.4, 0.5) is 0 Å². The van der Waals surface area contributed by atoms with E-state index in [4.69, 9.17) is 4.99 Å². The van der Waals surface area contributed by atoms with Gasteiger partial charge in [-0.05, 0) is 49.7 Å². The van der Waals surface area contributed by atoms with Crippen molar-refractivity contribution < 1.29 is 5.11 Å². The summed E-state index contributed by atoms with van der Waals surface area (Å²) in [5.41, 5.74) is 2.32. The van der Waals surface area contributed by atoms with Gasteiger partial charge in [0.2, 0.25) is 0 Å². The van der Waals surface area contributed by atoms with Gasteiger partial charge in [0, 0.05) is 11.8 Å². The first-order chi connectivity index (χ1) is 8.21. The highest BCUT2D eigenvalue weighted by atomic mass is 16.3. The van der Waals surface area contributed by atoms with Crippen LogP contribution in [0.3, 0.4) is 0 Å². The van der Waals surface area contributed by atoms with Gasteiger partial charge in [-0.25, -0.2) is 0 Å². The number of hydrogen-bond acceptors (Lipinski definition) is 2. The maximum absolute atomic E-state index is 9.93. The molecule has 2 heteroatoms. The van der Waals surface area contributed by atoms with Crippen molar-refractivity contribution in [3.63, 3.8) is 0 Å². The quantitative estimate of drug-likeness (QED) is 0.774. The van der Waals surface area contributed by atoms with Gasteiger partial charge in [0.25, 0.3) is 0 Å². The van der Waals surface area contributed by atoms with Crippen molar-refractivity contribution in [3.05, 3.63) is 29.3 Å². The fraction of sp³-hybridized carbons (Fsp3) is 0.533. The molecule has 2 aliphatic carbocycles. The third kappa shape index (κ3) is 1.86. The van der Waals surface area contributed by atoms with Gasteiger partial charge in [-0.2, -0.15) is 0 Å². The molecule has 0 amide bonds. The van der Waals surface area contributed by atoms with Gasteiger partial charge in [-0.3, -0.25) is 4.99 Å². The van der Waals surface area contributed by atoms with Crippen molar-refractivity contribution in [2.45, 2.75) is 45.1 Å². The molecule has 2 aliphatic rings. The fourth-order valence-electron chi connectivity index (χ4n) is 3.05. The number of phenols is 1. The average Bonchev–Trinajstić information content (AvgIpc) is 2.97. The first-order valence-corrected chi connectivity index (χ1v) is 6.53. The predicted octanol–water partition coefficient (Wildman–Crippen LogP) is 3.45. The Bertz CT molecular complexity index is 460. The topological polar surface area (TPSA) is 32.6 Å². The second-order valence-corrected chi connectivity index (χ2v) is 5.56. The second kappa shape index (κ2) is 3.86. The van der Waals surface area contributed by atoms with Crippen molar-refractivity contribution in [2.24, 2.45) is 10.4 Å². The van der Waals surface area contributed by atoms with Crippen LogP contribution < -0.4 is 0 Å². The van der Waals surface area contributed by atoms with Gasteiger partial charge in [0.15, 0.2) is 0 Å². The van der Waals surface area contributed by atoms with Crippen LogP contribution in [-0.4, -0.2) is 17.4 Å². The first-order valence-electron chi connectivity index (χ1n) is 6.53. The van der Waals surface area contributed by atoms with Gasteiger partial charge in [-0.15, -0.1) is 0 Å². The van der Waals surface area contributed by atoms with Crippen molar-refractivity contribution in [1.82, 2.24) is 0 Å². The standard InChI is InChI=1S/C15H19NO/c1-11-4-2-5-12(14(11)17)10-16-13-6-3-7-15(13)8-9-15/h2,4-5,10,13,17H,3,6-9H2,1H3. The summed E-state index contributed by atoms with van der Waals surface area (Å²) in [6, 6.07) is 6.32. The van der Waals surface area contributed by atoms with E-state index in [1.54, 1.807) is 0 Å². The minimum Gasteiger partial charge on any atom is -0.507 e. The smallest absolute Gasteiger partial charge is 0.127 e. The lowest BCUT2D eigenvalue weighted by Crippen LogP contribution is -2.12. The molecule has 2 nitrogen and oxygen atoms in total. The van der Waals surface area contributed by atoms with E-state index >= 15 is 0 Å². The summed E-state index contributed by atoms with van der Waals surface area (Å²) in [6.07, 6.45) is 8.49. The monoisotopic (exact) mass is 229 g/mol. The molecule has 1 aromatic rings. The fourth-order valence-corrected chi connectivity index (χ4v) is 3.05. The zero-order chi connectivity index (χ0) is 11.9. The highest BCUT2D eigenvalue weighted by Crippen LogP contribution is 2.59. The van der Waals surface area contributed by atoms with E-state index in [1.807, 2.05) is 31.3 Å². The van der Waals surface area contributed by atoms with Gasteiger partial charge in [0.05, 0.1) is 6.04 Å². The first kappa shape index (κ1) is 10.8. The SMILES string of the molecule is Cc1cccc(C=NC2CCCC23CC3)c1O. The summed E-state index contributed by atoms with van der Waals surface area (Å²) < 4.78 is 0. The number of phenolic OH excluding ortho intramolecular Hbond substituents is 1. The number of aliphatic imine (C=N–C) groups is 1. The predicted molar refractivity (Wildman–Crippen MR) is 69.7 cm³/mol. The molecule has 3 rings (SSSR count). The molecule has 1 aromatic carbocycles. The summed E-state index contributed by atoms with van der Waals surface area (Å²) in [4.78, 5) is 4.73. The Kier molecular flexibility index (Phi) is 2.46. The Morgan fingerprint density at radius 1 is 1.35 bits per heavy atom. The minimum atomic E-state index is 0.374. The molecular weight excluding hydrogens is 210 g/mol. The number of rotatable bonds is 2. The lowest BCUT2D eigenvalue weighted by atomic mass is 10.0. The zero-order valence-corrected chi connectivity index (χ0v) is 10.3. The molecule has 17 heavy (non-hydrogen) atoms. The summed E-state index contributed by atoms with van der Waals surface area (Å²) in [6.45, 7) is 1.92. The molecule has 2 saturated carbocycles. The largest absolute Gasteiger partial charge is 0.507 e. The van der Waals surface area contributed by atoms with E-state index in [0.717, 1.165) is 11.1 Å². The van der Waals surface area contributed by atoms with Crippen LogP contribution in [0.5, 0.6) is 5.75 Å². The van der Waals surface area contributed by atoms with Crippen molar-refractivity contribution in [3.8, 4) is 5.75 Å². The molecule has 0 saturated heterocycles. The Labute approximate surface area is 102 Å². The van der Waals surface area contributed by atoms with E-state index in [1.165, 1.54) is 32.1 Å². The van der Waals surface area contributed by atoms with Gasteiger partial charge >= 0.3 is 0 Å². The highest BCUT2D eigenvalue weighted by Gasteiger charge is 2.51. The third-order valence-electron chi connectivity index (χ3n) is 4.41. The van der Waals surface area contributed by atoms with Crippen molar-refractivity contribution in [2.75, 3.05) is 0 Å². The number of nitrogens with zero attached hydrogens (tertiary/aromatic N) is 1. The molecule has 2 fully saturated rings. The minimum absolute atomic E-state index is 0.374. The number of benzene rings is 1. The molecule has 0 aromatic heterocycles. The Balaban J connectivity index is 1.80. The summed E-state index contributed by atoms with van der Waals surface area (Å²) in [7, 11) is 0. The van der Waals surface area contributed by atoms with Crippen molar-refractivity contribution >= 4 is 6.21 Å². The molecule has 0 radical (unpaired) electrons. The van der Waals surface area contributed by atoms with E-state index in [0.29, 0.717) is 17.2 Å². The maximum atomic E-state index is 9.93. The number of para-hydroxylation sites is 1. The van der Waals surface area contributed by atoms with Crippen LogP contribution in [0.15, 0.2) is 23.2 Å². The molecule has 1 N–H and O–H groups in total. The van der Waals surface area contributed by atoms with Crippen LogP contribution >= 0.6 is 0 Å². The zero-order valence-electron chi connectivity index (χ0n) is 10.3. The highest BCUT2D eigenvalue weighted by molar-refractivity contribution is 5.84. The Morgan fingerprint density at radius 2 is 2.18 bits per heavy atom. The molecule has 1 unspecified atom stereocenters. The van der Waals surface area contributed by atoms with Crippen LogP contribution in [0.2, 0.25) is 0 Å². The van der Waals surface area contributed by atoms with E-state index in [2.05, 4.69) is 0 Å². The number of aryl methyl sites for hydroxylation is 1. The van der Waals surface area contributed by atoms with Crippen LogP contribution in [0, 0.1) is 12.3 Å². The van der Waals surface area contributed by atoms with Gasteiger partial charge in [-0.1, -0.05) is 18.6 Å². The van der Waals surface area contributed by atoms with E-state index < -0.39 is 0 Å². The Hall–Kier alpha value is -1.31.